The van der Waals surface area contributed by atoms with Gasteiger partial charge in [0.1, 0.15) is 11.7 Å². The van der Waals surface area contributed by atoms with E-state index in [9.17, 15) is 18.0 Å². The molecule has 1 unspecified atom stereocenters. The van der Waals surface area contributed by atoms with E-state index in [4.69, 9.17) is 5.73 Å². The Balaban J connectivity index is 2.05. The zero-order chi connectivity index (χ0) is 14.8. The van der Waals surface area contributed by atoms with Gasteiger partial charge in [-0.2, -0.15) is 13.2 Å². The standard InChI is InChI=1S/C12H10F3N3OS/c13-12(14,15)9-4-3-7(6-17-9)18-11(19)10(16)8-2-1-5-20-8/h1-6,10H,16H2,(H,18,19). The van der Waals surface area contributed by atoms with Crippen LogP contribution in [-0.2, 0) is 11.0 Å². The van der Waals surface area contributed by atoms with E-state index in [-0.39, 0.29) is 5.69 Å². The minimum Gasteiger partial charge on any atom is -0.323 e. The summed E-state index contributed by atoms with van der Waals surface area (Å²) in [5, 5.41) is 4.20. The van der Waals surface area contributed by atoms with Crippen molar-refractivity contribution in [2.24, 2.45) is 5.73 Å². The van der Waals surface area contributed by atoms with Gasteiger partial charge in [-0.05, 0) is 23.6 Å². The van der Waals surface area contributed by atoms with Gasteiger partial charge in [-0.1, -0.05) is 6.07 Å². The average molecular weight is 301 g/mol. The summed E-state index contributed by atoms with van der Waals surface area (Å²) >= 11 is 1.33. The summed E-state index contributed by atoms with van der Waals surface area (Å²) in [6.45, 7) is 0. The molecule has 0 saturated heterocycles. The lowest BCUT2D eigenvalue weighted by Gasteiger charge is -2.11. The third-order valence-corrected chi connectivity index (χ3v) is 3.41. The molecule has 1 atom stereocenters. The Bertz CT molecular complexity index is 581. The van der Waals surface area contributed by atoms with Crippen molar-refractivity contribution in [3.63, 3.8) is 0 Å². The number of nitrogens with one attached hydrogen (secondary N) is 1. The molecule has 0 aromatic carbocycles. The van der Waals surface area contributed by atoms with Gasteiger partial charge in [-0.25, -0.2) is 4.98 Å². The number of nitrogens with two attached hydrogens (primary N) is 1. The first kappa shape index (κ1) is 14.5. The highest BCUT2D eigenvalue weighted by molar-refractivity contribution is 7.10. The van der Waals surface area contributed by atoms with E-state index in [0.717, 1.165) is 18.3 Å². The van der Waals surface area contributed by atoms with Crippen molar-refractivity contribution in [2.45, 2.75) is 12.2 Å². The third-order valence-electron chi connectivity index (χ3n) is 2.45. The SMILES string of the molecule is NC(C(=O)Nc1ccc(C(F)(F)F)nc1)c1cccs1. The van der Waals surface area contributed by atoms with Crippen LogP contribution in [0.3, 0.4) is 0 Å². The molecule has 0 spiro atoms. The summed E-state index contributed by atoms with van der Waals surface area (Å²) in [5.74, 6) is -0.506. The number of thiophene rings is 1. The number of hydrogen-bond acceptors (Lipinski definition) is 4. The van der Waals surface area contributed by atoms with Crippen molar-refractivity contribution in [3.05, 3.63) is 46.4 Å². The topological polar surface area (TPSA) is 68.0 Å². The number of hydrogen-bond donors (Lipinski definition) is 2. The first-order chi connectivity index (χ1) is 9.38. The van der Waals surface area contributed by atoms with E-state index in [1.54, 1.807) is 17.5 Å². The molecular formula is C12H10F3N3OS. The Morgan fingerprint density at radius 1 is 1.35 bits per heavy atom. The second-order valence-electron chi connectivity index (χ2n) is 3.91. The second kappa shape index (κ2) is 5.59. The summed E-state index contributed by atoms with van der Waals surface area (Å²) in [6, 6.07) is 4.53. The van der Waals surface area contributed by atoms with Crippen LogP contribution in [0, 0.1) is 0 Å². The minimum atomic E-state index is -4.50. The Morgan fingerprint density at radius 2 is 2.10 bits per heavy atom. The second-order valence-corrected chi connectivity index (χ2v) is 4.89. The Hall–Kier alpha value is -1.93. The molecule has 106 valence electrons. The number of pyridine rings is 1. The molecule has 3 N–H and O–H groups in total. The summed E-state index contributed by atoms with van der Waals surface area (Å²) in [7, 11) is 0. The number of anilines is 1. The number of halogens is 3. The average Bonchev–Trinajstić information content (AvgIpc) is 2.91. The third kappa shape index (κ3) is 3.34. The maximum absolute atomic E-state index is 12.3. The van der Waals surface area contributed by atoms with Gasteiger partial charge >= 0.3 is 6.18 Å². The number of aromatic nitrogens is 1. The number of rotatable bonds is 3. The fraction of sp³-hybridized carbons (Fsp3) is 0.167. The van der Waals surface area contributed by atoms with Crippen molar-refractivity contribution in [2.75, 3.05) is 5.32 Å². The van der Waals surface area contributed by atoms with Gasteiger partial charge in [0.05, 0.1) is 11.9 Å². The molecule has 0 saturated carbocycles. The van der Waals surface area contributed by atoms with E-state index in [2.05, 4.69) is 10.3 Å². The highest BCUT2D eigenvalue weighted by Gasteiger charge is 2.32. The smallest absolute Gasteiger partial charge is 0.323 e. The zero-order valence-corrected chi connectivity index (χ0v) is 10.8. The molecule has 20 heavy (non-hydrogen) atoms. The van der Waals surface area contributed by atoms with E-state index in [1.807, 2.05) is 0 Å². The molecule has 0 aliphatic carbocycles. The van der Waals surface area contributed by atoms with Crippen LogP contribution >= 0.6 is 11.3 Å². The van der Waals surface area contributed by atoms with Gasteiger partial charge in [0.15, 0.2) is 0 Å². The van der Waals surface area contributed by atoms with Gasteiger partial charge in [0, 0.05) is 4.88 Å². The lowest BCUT2D eigenvalue weighted by molar-refractivity contribution is -0.141. The fourth-order valence-corrected chi connectivity index (χ4v) is 2.18. The van der Waals surface area contributed by atoms with Gasteiger partial charge in [0.25, 0.3) is 0 Å². The Kier molecular flexibility index (Phi) is 4.05. The predicted molar refractivity (Wildman–Crippen MR) is 69.1 cm³/mol. The maximum atomic E-state index is 12.3. The summed E-state index contributed by atoms with van der Waals surface area (Å²) in [5.41, 5.74) is 4.87. The predicted octanol–water partition coefficient (Wildman–Crippen LogP) is 2.80. The highest BCUT2D eigenvalue weighted by Crippen LogP contribution is 2.28. The van der Waals surface area contributed by atoms with Gasteiger partial charge < -0.3 is 11.1 Å². The normalized spacial score (nSPS) is 13.0. The monoisotopic (exact) mass is 301 g/mol. The molecule has 2 aromatic rings. The van der Waals surface area contributed by atoms with Crippen LogP contribution in [-0.4, -0.2) is 10.9 Å². The van der Waals surface area contributed by atoms with Gasteiger partial charge in [-0.15, -0.1) is 11.3 Å². The minimum absolute atomic E-state index is 0.162. The fourth-order valence-electron chi connectivity index (χ4n) is 1.45. The van der Waals surface area contributed by atoms with Crippen molar-refractivity contribution in [1.82, 2.24) is 4.98 Å². The van der Waals surface area contributed by atoms with Gasteiger partial charge in [-0.3, -0.25) is 4.79 Å². The molecule has 0 fully saturated rings. The van der Waals surface area contributed by atoms with Crippen LogP contribution in [0.15, 0.2) is 35.8 Å². The number of carbonyl (C=O) groups excluding carboxylic acids is 1. The summed E-state index contributed by atoms with van der Waals surface area (Å²) < 4.78 is 37.0. The van der Waals surface area contributed by atoms with Gasteiger partial charge in [0.2, 0.25) is 5.91 Å². The first-order valence-corrected chi connectivity index (χ1v) is 6.39. The molecule has 2 rings (SSSR count). The van der Waals surface area contributed by atoms with E-state index in [1.165, 1.54) is 11.3 Å². The van der Waals surface area contributed by atoms with Crippen LogP contribution in [0.5, 0.6) is 0 Å². The molecule has 0 radical (unpaired) electrons. The molecule has 0 aliphatic heterocycles. The van der Waals surface area contributed by atoms with Crippen LogP contribution < -0.4 is 11.1 Å². The number of nitrogens with zero attached hydrogens (tertiary/aromatic N) is 1. The summed E-state index contributed by atoms with van der Waals surface area (Å²) in [6.07, 6.45) is -3.56. The Labute approximate surface area is 116 Å². The quantitative estimate of drug-likeness (QED) is 0.916. The molecule has 4 nitrogen and oxygen atoms in total. The molecule has 2 heterocycles. The lowest BCUT2D eigenvalue weighted by Crippen LogP contribution is -2.27. The van der Waals surface area contributed by atoms with Crippen molar-refractivity contribution in [1.29, 1.82) is 0 Å². The molecule has 2 aromatic heterocycles. The molecular weight excluding hydrogens is 291 g/mol. The van der Waals surface area contributed by atoms with Crippen LogP contribution in [0.2, 0.25) is 0 Å². The first-order valence-electron chi connectivity index (χ1n) is 5.51. The maximum Gasteiger partial charge on any atom is 0.433 e. The van der Waals surface area contributed by atoms with E-state index in [0.29, 0.717) is 4.88 Å². The van der Waals surface area contributed by atoms with Crippen molar-refractivity contribution in [3.8, 4) is 0 Å². The molecule has 0 aliphatic rings. The van der Waals surface area contributed by atoms with Crippen LogP contribution in [0.25, 0.3) is 0 Å². The summed E-state index contributed by atoms with van der Waals surface area (Å²) in [4.78, 5) is 15.7. The zero-order valence-electron chi connectivity index (χ0n) is 10.0. The Morgan fingerprint density at radius 3 is 2.60 bits per heavy atom. The lowest BCUT2D eigenvalue weighted by atomic mass is 10.2. The van der Waals surface area contributed by atoms with E-state index >= 15 is 0 Å². The number of carbonyl (C=O) groups is 1. The van der Waals surface area contributed by atoms with Crippen LogP contribution in [0.4, 0.5) is 18.9 Å². The number of alkyl halides is 3. The molecule has 8 heteroatoms. The van der Waals surface area contributed by atoms with E-state index < -0.39 is 23.8 Å². The van der Waals surface area contributed by atoms with Crippen LogP contribution in [0.1, 0.15) is 16.6 Å². The van der Waals surface area contributed by atoms with Crippen molar-refractivity contribution < 1.29 is 18.0 Å². The number of amides is 1. The molecule has 0 bridgehead atoms. The van der Waals surface area contributed by atoms with Crippen molar-refractivity contribution >= 4 is 22.9 Å². The molecule has 1 amide bonds. The largest absolute Gasteiger partial charge is 0.433 e. The highest BCUT2D eigenvalue weighted by atomic mass is 32.1.